The van der Waals surface area contributed by atoms with Gasteiger partial charge in [-0.3, -0.25) is 14.4 Å². The van der Waals surface area contributed by atoms with Crippen LogP contribution in [-0.2, 0) is 28.6 Å². The highest BCUT2D eigenvalue weighted by atomic mass is 16.6. The molecule has 0 saturated carbocycles. The second kappa shape index (κ2) is 67.1. The zero-order valence-electron chi connectivity index (χ0n) is 52.0. The summed E-state index contributed by atoms with van der Waals surface area (Å²) < 4.78 is 16.9. The van der Waals surface area contributed by atoms with Gasteiger partial charge in [-0.25, -0.2) is 0 Å². The van der Waals surface area contributed by atoms with E-state index in [4.69, 9.17) is 14.2 Å². The molecular weight excluding hydrogens is 985 g/mol. The SMILES string of the molecule is CC/C=C\C/C=C\C/C=C\C/C=C\C/C=C\C/C=C\CCCCCCC(=O)OCC(COC(=O)CCCCCCCCC/C=C\CCCCCCCCC)OC(=O)CCCCCCCCCC/C=C\C/C=C\C/C=C\C/C=C\CC. The summed E-state index contributed by atoms with van der Waals surface area (Å²) in [4.78, 5) is 38.4. The molecule has 0 aliphatic carbocycles. The van der Waals surface area contributed by atoms with E-state index in [0.717, 1.165) is 141 Å². The Morgan fingerprint density at radius 3 is 0.775 bits per heavy atom. The summed E-state index contributed by atoms with van der Waals surface area (Å²) in [6, 6.07) is 0. The maximum atomic E-state index is 12.9. The minimum absolute atomic E-state index is 0.0950. The second-order valence-electron chi connectivity index (χ2n) is 21.6. The number of carbonyl (C=O) groups excluding carboxylic acids is 3. The summed E-state index contributed by atoms with van der Waals surface area (Å²) in [5, 5.41) is 0. The van der Waals surface area contributed by atoms with Crippen molar-refractivity contribution >= 4 is 17.9 Å². The molecule has 1 atom stereocenters. The van der Waals surface area contributed by atoms with Gasteiger partial charge < -0.3 is 14.2 Å². The van der Waals surface area contributed by atoms with Crippen LogP contribution >= 0.6 is 0 Å². The van der Waals surface area contributed by atoms with Crippen LogP contribution in [0.1, 0.15) is 297 Å². The molecule has 0 radical (unpaired) electrons. The average Bonchev–Trinajstić information content (AvgIpc) is 3.46. The van der Waals surface area contributed by atoms with Crippen molar-refractivity contribution in [2.75, 3.05) is 13.2 Å². The van der Waals surface area contributed by atoms with E-state index in [1.807, 2.05) is 0 Å². The van der Waals surface area contributed by atoms with E-state index in [1.165, 1.54) is 116 Å². The molecule has 0 N–H and O–H groups in total. The van der Waals surface area contributed by atoms with Crippen molar-refractivity contribution in [2.45, 2.75) is 303 Å². The standard InChI is InChI=1S/C74H122O6/c1-4-7-10-13-16-19-22-25-28-31-34-36-37-39-40-43-46-49-52-55-58-61-64-67-73(76)79-70-71(69-78-72(75)66-63-60-57-54-51-48-45-42-33-30-27-24-21-18-15-12-9-6-3)80-74(77)68-65-62-59-56-53-50-47-44-41-38-35-32-29-26-23-20-17-14-11-8-5-2/h7-8,10-11,16-17,19-20,25-26,28-30,33-36,38-40,46,49,71H,4-6,9,12-15,18,21-24,27,31-32,37,41-45,47-48,50-70H2,1-3H3/b10-7-,11-8-,19-16-,20-17-,28-25-,29-26-,33-30-,36-34-,38-35-,40-39-,49-46-. The van der Waals surface area contributed by atoms with Crippen molar-refractivity contribution in [1.82, 2.24) is 0 Å². The van der Waals surface area contributed by atoms with Gasteiger partial charge in [0, 0.05) is 19.3 Å². The lowest BCUT2D eigenvalue weighted by molar-refractivity contribution is -0.167. The first-order valence-electron chi connectivity index (χ1n) is 33.2. The molecular formula is C74H122O6. The number of ether oxygens (including phenoxy) is 3. The van der Waals surface area contributed by atoms with Crippen molar-refractivity contribution in [3.05, 3.63) is 134 Å². The summed E-state index contributed by atoms with van der Waals surface area (Å²) >= 11 is 0. The first kappa shape index (κ1) is 75.5. The van der Waals surface area contributed by atoms with Crippen molar-refractivity contribution < 1.29 is 28.6 Å². The zero-order valence-corrected chi connectivity index (χ0v) is 52.0. The average molecular weight is 1110 g/mol. The number of hydrogen-bond donors (Lipinski definition) is 0. The number of carbonyl (C=O) groups is 3. The molecule has 454 valence electrons. The van der Waals surface area contributed by atoms with E-state index in [0.29, 0.717) is 19.3 Å². The Kier molecular flexibility index (Phi) is 63.3. The molecule has 0 aromatic heterocycles. The number of rotatable bonds is 59. The summed E-state index contributed by atoms with van der Waals surface area (Å²) in [5.41, 5.74) is 0. The van der Waals surface area contributed by atoms with Crippen molar-refractivity contribution in [3.8, 4) is 0 Å². The fraction of sp³-hybridized carbons (Fsp3) is 0.662. The number of unbranched alkanes of at least 4 members (excludes halogenated alkanes) is 26. The zero-order chi connectivity index (χ0) is 57.8. The van der Waals surface area contributed by atoms with E-state index in [-0.39, 0.29) is 31.1 Å². The molecule has 0 aromatic rings. The van der Waals surface area contributed by atoms with E-state index >= 15 is 0 Å². The van der Waals surface area contributed by atoms with Crippen molar-refractivity contribution in [1.29, 1.82) is 0 Å². The van der Waals surface area contributed by atoms with Crippen LogP contribution in [0.4, 0.5) is 0 Å². The van der Waals surface area contributed by atoms with Gasteiger partial charge in [0.05, 0.1) is 0 Å². The maximum Gasteiger partial charge on any atom is 0.306 e. The van der Waals surface area contributed by atoms with Gasteiger partial charge in [-0.05, 0) is 135 Å². The predicted octanol–water partition coefficient (Wildman–Crippen LogP) is 22.9. The second-order valence-corrected chi connectivity index (χ2v) is 21.6. The van der Waals surface area contributed by atoms with E-state index < -0.39 is 6.10 Å². The molecule has 0 aliphatic heterocycles. The topological polar surface area (TPSA) is 78.9 Å². The van der Waals surface area contributed by atoms with E-state index in [2.05, 4.69) is 154 Å². The molecule has 0 heterocycles. The molecule has 0 aliphatic rings. The molecule has 0 aromatic carbocycles. The third-order valence-corrected chi connectivity index (χ3v) is 13.9. The number of esters is 3. The molecule has 0 rings (SSSR count). The van der Waals surface area contributed by atoms with Gasteiger partial charge in [-0.15, -0.1) is 0 Å². The fourth-order valence-corrected chi connectivity index (χ4v) is 8.96. The van der Waals surface area contributed by atoms with Gasteiger partial charge in [0.25, 0.3) is 0 Å². The van der Waals surface area contributed by atoms with Gasteiger partial charge in [0.1, 0.15) is 13.2 Å². The Balaban J connectivity index is 4.48. The first-order valence-corrected chi connectivity index (χ1v) is 33.2. The largest absolute Gasteiger partial charge is 0.462 e. The van der Waals surface area contributed by atoms with Gasteiger partial charge >= 0.3 is 17.9 Å². The van der Waals surface area contributed by atoms with Crippen LogP contribution in [0, 0.1) is 0 Å². The fourth-order valence-electron chi connectivity index (χ4n) is 8.96. The van der Waals surface area contributed by atoms with Crippen LogP contribution in [0.15, 0.2) is 134 Å². The van der Waals surface area contributed by atoms with Crippen LogP contribution in [0.2, 0.25) is 0 Å². The highest BCUT2D eigenvalue weighted by Gasteiger charge is 2.19. The highest BCUT2D eigenvalue weighted by Crippen LogP contribution is 2.15. The molecule has 0 amide bonds. The van der Waals surface area contributed by atoms with Crippen LogP contribution in [0.3, 0.4) is 0 Å². The molecule has 6 nitrogen and oxygen atoms in total. The third-order valence-electron chi connectivity index (χ3n) is 13.9. The number of allylic oxidation sites excluding steroid dienone is 22. The smallest absolute Gasteiger partial charge is 0.306 e. The summed E-state index contributed by atoms with van der Waals surface area (Å²) in [5.74, 6) is -0.928. The lowest BCUT2D eigenvalue weighted by Gasteiger charge is -2.18. The summed E-state index contributed by atoms with van der Waals surface area (Å²) in [7, 11) is 0. The van der Waals surface area contributed by atoms with Crippen LogP contribution < -0.4 is 0 Å². The number of hydrogen-bond acceptors (Lipinski definition) is 6. The van der Waals surface area contributed by atoms with E-state index in [9.17, 15) is 14.4 Å². The van der Waals surface area contributed by atoms with Crippen molar-refractivity contribution in [3.63, 3.8) is 0 Å². The highest BCUT2D eigenvalue weighted by molar-refractivity contribution is 5.71. The molecule has 80 heavy (non-hydrogen) atoms. The van der Waals surface area contributed by atoms with Crippen molar-refractivity contribution in [2.24, 2.45) is 0 Å². The van der Waals surface area contributed by atoms with Gasteiger partial charge in [-0.1, -0.05) is 276 Å². The molecule has 6 heteroatoms. The summed E-state index contributed by atoms with van der Waals surface area (Å²) in [6.07, 6.45) is 94.5. The van der Waals surface area contributed by atoms with Gasteiger partial charge in [0.15, 0.2) is 6.10 Å². The minimum atomic E-state index is -0.802. The Morgan fingerprint density at radius 1 is 0.263 bits per heavy atom. The van der Waals surface area contributed by atoms with Crippen LogP contribution in [0.5, 0.6) is 0 Å². The molecule has 0 spiro atoms. The van der Waals surface area contributed by atoms with Gasteiger partial charge in [0.2, 0.25) is 0 Å². The molecule has 1 unspecified atom stereocenters. The molecule has 0 bridgehead atoms. The lowest BCUT2D eigenvalue weighted by atomic mass is 10.1. The van der Waals surface area contributed by atoms with Crippen LogP contribution in [-0.4, -0.2) is 37.2 Å². The Hall–Kier alpha value is -4.45. The van der Waals surface area contributed by atoms with E-state index in [1.54, 1.807) is 0 Å². The van der Waals surface area contributed by atoms with Crippen LogP contribution in [0.25, 0.3) is 0 Å². The monoisotopic (exact) mass is 1110 g/mol. The Morgan fingerprint density at radius 2 is 0.487 bits per heavy atom. The minimum Gasteiger partial charge on any atom is -0.462 e. The molecule has 0 fully saturated rings. The maximum absolute atomic E-state index is 12.9. The quantitative estimate of drug-likeness (QED) is 0.0261. The predicted molar refractivity (Wildman–Crippen MR) is 348 cm³/mol. The Labute approximate surface area is 494 Å². The lowest BCUT2D eigenvalue weighted by Crippen LogP contribution is -2.30. The third kappa shape index (κ3) is 64.4. The summed E-state index contributed by atoms with van der Waals surface area (Å²) in [6.45, 7) is 6.40. The molecule has 0 saturated heterocycles. The normalized spacial score (nSPS) is 13.0. The van der Waals surface area contributed by atoms with Gasteiger partial charge in [-0.2, -0.15) is 0 Å². The first-order chi connectivity index (χ1) is 39.5. The Bertz CT molecular complexity index is 1700.